The summed E-state index contributed by atoms with van der Waals surface area (Å²) < 4.78 is 24.9. The molecule has 2 aromatic rings. The molecule has 2 aromatic carbocycles. The number of benzene rings is 2. The molecule has 0 aliphatic carbocycles. The number of para-hydroxylation sites is 1. The summed E-state index contributed by atoms with van der Waals surface area (Å²) in [5, 5.41) is 0. The lowest BCUT2D eigenvalue weighted by Gasteiger charge is -2.31. The van der Waals surface area contributed by atoms with E-state index < -0.39 is 10.0 Å². The van der Waals surface area contributed by atoms with Gasteiger partial charge in [0.2, 0.25) is 10.0 Å². The maximum atomic E-state index is 11.2. The fourth-order valence-electron chi connectivity index (χ4n) is 2.73. The van der Waals surface area contributed by atoms with Crippen molar-refractivity contribution in [2.24, 2.45) is 0 Å². The van der Waals surface area contributed by atoms with Gasteiger partial charge in [0, 0.05) is 23.6 Å². The molecule has 1 aliphatic heterocycles. The van der Waals surface area contributed by atoms with Gasteiger partial charge in [-0.05, 0) is 48.7 Å². The summed E-state index contributed by atoms with van der Waals surface area (Å²) in [5.74, 6) is 0. The van der Waals surface area contributed by atoms with Crippen LogP contribution in [0.15, 0.2) is 48.5 Å². The average Bonchev–Trinajstić information content (AvgIpc) is 2.46. The molecule has 1 aliphatic rings. The molecular formula is C16H18N2O2S. The van der Waals surface area contributed by atoms with Crippen LogP contribution in [0.25, 0.3) is 0 Å². The zero-order chi connectivity index (χ0) is 14.9. The molecule has 0 aromatic heterocycles. The van der Waals surface area contributed by atoms with Gasteiger partial charge < -0.3 is 4.90 Å². The summed E-state index contributed by atoms with van der Waals surface area (Å²) in [6, 6.07) is 15.9. The van der Waals surface area contributed by atoms with Crippen molar-refractivity contribution in [2.75, 3.05) is 22.4 Å². The normalized spacial score (nSPS) is 14.6. The zero-order valence-electron chi connectivity index (χ0n) is 11.9. The molecule has 1 N–H and O–H groups in total. The standard InChI is InChI=1S/C16H18N2O2S/c1-21(19,20)17-14-8-10-15(11-9-14)18-12-4-6-13-5-2-3-7-16(13)18/h2-3,5,7-11,17H,4,6,12H2,1H3. The molecule has 0 amide bonds. The topological polar surface area (TPSA) is 49.4 Å². The number of rotatable bonds is 3. The summed E-state index contributed by atoms with van der Waals surface area (Å²) in [4.78, 5) is 2.28. The molecule has 0 unspecified atom stereocenters. The minimum atomic E-state index is -3.23. The van der Waals surface area contributed by atoms with Gasteiger partial charge >= 0.3 is 0 Å². The van der Waals surface area contributed by atoms with E-state index in [-0.39, 0.29) is 0 Å². The number of nitrogens with zero attached hydrogens (tertiary/aromatic N) is 1. The van der Waals surface area contributed by atoms with E-state index in [4.69, 9.17) is 0 Å². The Bertz CT molecular complexity index is 739. The third-order valence-corrected chi connectivity index (χ3v) is 4.20. The van der Waals surface area contributed by atoms with Crippen LogP contribution in [-0.2, 0) is 16.4 Å². The largest absolute Gasteiger partial charge is 0.341 e. The molecule has 0 spiro atoms. The Hall–Kier alpha value is -2.01. The highest BCUT2D eigenvalue weighted by Crippen LogP contribution is 2.33. The summed E-state index contributed by atoms with van der Waals surface area (Å²) in [6.07, 6.45) is 3.39. The molecule has 21 heavy (non-hydrogen) atoms. The van der Waals surface area contributed by atoms with Crippen molar-refractivity contribution in [1.82, 2.24) is 0 Å². The van der Waals surface area contributed by atoms with Crippen molar-refractivity contribution < 1.29 is 8.42 Å². The first kappa shape index (κ1) is 13.9. The van der Waals surface area contributed by atoms with Crippen LogP contribution in [0.2, 0.25) is 0 Å². The van der Waals surface area contributed by atoms with Crippen LogP contribution >= 0.6 is 0 Å². The van der Waals surface area contributed by atoms with Gasteiger partial charge in [0.25, 0.3) is 0 Å². The summed E-state index contributed by atoms with van der Waals surface area (Å²) >= 11 is 0. The van der Waals surface area contributed by atoms with Crippen molar-refractivity contribution in [1.29, 1.82) is 0 Å². The Balaban J connectivity index is 1.89. The van der Waals surface area contributed by atoms with Crippen molar-refractivity contribution in [3.8, 4) is 0 Å². The number of sulfonamides is 1. The summed E-state index contributed by atoms with van der Waals surface area (Å²) in [6.45, 7) is 0.982. The van der Waals surface area contributed by atoms with Gasteiger partial charge in [0.05, 0.1) is 6.26 Å². The van der Waals surface area contributed by atoms with E-state index in [0.29, 0.717) is 5.69 Å². The molecule has 5 heteroatoms. The predicted molar refractivity (Wildman–Crippen MR) is 86.7 cm³/mol. The third-order valence-electron chi connectivity index (χ3n) is 3.59. The molecule has 0 radical (unpaired) electrons. The number of anilines is 3. The lowest BCUT2D eigenvalue weighted by molar-refractivity contribution is 0.607. The highest BCUT2D eigenvalue weighted by Gasteiger charge is 2.17. The van der Waals surface area contributed by atoms with E-state index in [9.17, 15) is 8.42 Å². The Morgan fingerprint density at radius 3 is 2.48 bits per heavy atom. The van der Waals surface area contributed by atoms with Crippen molar-refractivity contribution in [3.05, 3.63) is 54.1 Å². The van der Waals surface area contributed by atoms with Crippen LogP contribution in [0.4, 0.5) is 17.1 Å². The van der Waals surface area contributed by atoms with E-state index in [0.717, 1.165) is 31.3 Å². The van der Waals surface area contributed by atoms with Gasteiger partial charge in [-0.25, -0.2) is 8.42 Å². The van der Waals surface area contributed by atoms with E-state index in [2.05, 4.69) is 33.9 Å². The lowest BCUT2D eigenvalue weighted by Crippen LogP contribution is -2.24. The first-order valence-electron chi connectivity index (χ1n) is 6.96. The van der Waals surface area contributed by atoms with Gasteiger partial charge in [-0.2, -0.15) is 0 Å². The smallest absolute Gasteiger partial charge is 0.229 e. The van der Waals surface area contributed by atoms with Crippen LogP contribution in [0, 0.1) is 0 Å². The van der Waals surface area contributed by atoms with E-state index in [1.165, 1.54) is 11.3 Å². The van der Waals surface area contributed by atoms with Crippen LogP contribution < -0.4 is 9.62 Å². The van der Waals surface area contributed by atoms with E-state index >= 15 is 0 Å². The Morgan fingerprint density at radius 1 is 1.05 bits per heavy atom. The highest BCUT2D eigenvalue weighted by molar-refractivity contribution is 7.92. The van der Waals surface area contributed by atoms with Crippen LogP contribution in [0.1, 0.15) is 12.0 Å². The van der Waals surface area contributed by atoms with Crippen molar-refractivity contribution >= 4 is 27.1 Å². The van der Waals surface area contributed by atoms with Crippen molar-refractivity contribution in [3.63, 3.8) is 0 Å². The Labute approximate surface area is 125 Å². The zero-order valence-corrected chi connectivity index (χ0v) is 12.7. The molecule has 0 bridgehead atoms. The van der Waals surface area contributed by atoms with E-state index in [1.807, 2.05) is 12.1 Å². The Kier molecular flexibility index (Phi) is 3.59. The molecule has 0 atom stereocenters. The Morgan fingerprint density at radius 2 is 1.76 bits per heavy atom. The number of hydrogen-bond acceptors (Lipinski definition) is 3. The molecule has 110 valence electrons. The maximum Gasteiger partial charge on any atom is 0.229 e. The molecule has 0 saturated heterocycles. The van der Waals surface area contributed by atoms with Gasteiger partial charge in [-0.3, -0.25) is 4.72 Å². The third kappa shape index (κ3) is 3.19. The summed E-state index contributed by atoms with van der Waals surface area (Å²) in [7, 11) is -3.23. The average molecular weight is 302 g/mol. The summed E-state index contributed by atoms with van der Waals surface area (Å²) in [5.41, 5.74) is 4.28. The second-order valence-corrected chi connectivity index (χ2v) is 7.05. The van der Waals surface area contributed by atoms with Gasteiger partial charge in [0.15, 0.2) is 0 Å². The van der Waals surface area contributed by atoms with Crippen molar-refractivity contribution in [2.45, 2.75) is 12.8 Å². The SMILES string of the molecule is CS(=O)(=O)Nc1ccc(N2CCCc3ccccc32)cc1. The second kappa shape index (κ2) is 5.41. The minimum Gasteiger partial charge on any atom is -0.341 e. The quantitative estimate of drug-likeness (QED) is 0.947. The molecular weight excluding hydrogens is 284 g/mol. The lowest BCUT2D eigenvalue weighted by atomic mass is 10.0. The van der Waals surface area contributed by atoms with E-state index in [1.54, 1.807) is 12.1 Å². The molecule has 0 saturated carbocycles. The maximum absolute atomic E-state index is 11.2. The monoisotopic (exact) mass is 302 g/mol. The van der Waals surface area contributed by atoms with Gasteiger partial charge in [-0.15, -0.1) is 0 Å². The number of fused-ring (bicyclic) bond motifs is 1. The van der Waals surface area contributed by atoms with Gasteiger partial charge in [-0.1, -0.05) is 18.2 Å². The predicted octanol–water partition coefficient (Wildman–Crippen LogP) is 3.14. The van der Waals surface area contributed by atoms with Crippen LogP contribution in [-0.4, -0.2) is 21.2 Å². The fraction of sp³-hybridized carbons (Fsp3) is 0.250. The fourth-order valence-corrected chi connectivity index (χ4v) is 3.29. The minimum absolute atomic E-state index is 0.589. The number of hydrogen-bond donors (Lipinski definition) is 1. The molecule has 1 heterocycles. The van der Waals surface area contributed by atoms with Crippen LogP contribution in [0.5, 0.6) is 0 Å². The second-order valence-electron chi connectivity index (χ2n) is 5.31. The number of nitrogens with one attached hydrogen (secondary N) is 1. The first-order valence-corrected chi connectivity index (χ1v) is 8.85. The molecule has 0 fully saturated rings. The molecule has 4 nitrogen and oxygen atoms in total. The van der Waals surface area contributed by atoms with Gasteiger partial charge in [0.1, 0.15) is 0 Å². The molecule has 3 rings (SSSR count). The first-order chi connectivity index (χ1) is 10.0. The van der Waals surface area contributed by atoms with Crippen LogP contribution in [0.3, 0.4) is 0 Å². The highest BCUT2D eigenvalue weighted by atomic mass is 32.2. The number of aryl methyl sites for hydroxylation is 1.